The van der Waals surface area contributed by atoms with Crippen molar-refractivity contribution in [2.24, 2.45) is 0 Å². The SMILES string of the molecule is COCc1cccc(C(=O)Nc2ccn[nH]2)c1. The number of hydrogen-bond donors (Lipinski definition) is 2. The fourth-order valence-corrected chi connectivity index (χ4v) is 1.49. The Balaban J connectivity index is 2.11. The van der Waals surface area contributed by atoms with Crippen LogP contribution in [0, 0.1) is 0 Å². The average Bonchev–Trinajstić information content (AvgIpc) is 2.83. The second-order valence-electron chi connectivity index (χ2n) is 3.56. The van der Waals surface area contributed by atoms with Gasteiger partial charge in [-0.3, -0.25) is 9.89 Å². The lowest BCUT2D eigenvalue weighted by Crippen LogP contribution is -2.12. The van der Waals surface area contributed by atoms with Crippen molar-refractivity contribution in [1.82, 2.24) is 10.2 Å². The normalized spacial score (nSPS) is 10.2. The number of rotatable bonds is 4. The lowest BCUT2D eigenvalue weighted by atomic mass is 10.1. The van der Waals surface area contributed by atoms with Gasteiger partial charge in [0.15, 0.2) is 0 Å². The molecule has 2 aromatic rings. The summed E-state index contributed by atoms with van der Waals surface area (Å²) in [5.41, 5.74) is 1.55. The van der Waals surface area contributed by atoms with Gasteiger partial charge in [0.2, 0.25) is 0 Å². The number of aromatic nitrogens is 2. The molecular formula is C12H13N3O2. The molecule has 2 rings (SSSR count). The fraction of sp³-hybridized carbons (Fsp3) is 0.167. The number of nitrogens with one attached hydrogen (secondary N) is 2. The first-order valence-corrected chi connectivity index (χ1v) is 5.18. The number of methoxy groups -OCH3 is 1. The molecule has 0 fully saturated rings. The Hall–Kier alpha value is -2.14. The predicted molar refractivity (Wildman–Crippen MR) is 63.7 cm³/mol. The van der Waals surface area contributed by atoms with Crippen molar-refractivity contribution in [2.45, 2.75) is 6.61 Å². The minimum atomic E-state index is -0.174. The second-order valence-corrected chi connectivity index (χ2v) is 3.56. The van der Waals surface area contributed by atoms with Gasteiger partial charge in [-0.25, -0.2) is 0 Å². The van der Waals surface area contributed by atoms with Crippen molar-refractivity contribution in [1.29, 1.82) is 0 Å². The molecule has 5 heteroatoms. The number of carbonyl (C=O) groups is 1. The maximum absolute atomic E-state index is 11.9. The van der Waals surface area contributed by atoms with Gasteiger partial charge in [0.25, 0.3) is 5.91 Å². The van der Waals surface area contributed by atoms with Crippen molar-refractivity contribution in [2.75, 3.05) is 12.4 Å². The number of amides is 1. The Kier molecular flexibility index (Phi) is 3.52. The lowest BCUT2D eigenvalue weighted by molar-refractivity contribution is 0.102. The Morgan fingerprint density at radius 1 is 1.47 bits per heavy atom. The van der Waals surface area contributed by atoms with E-state index in [-0.39, 0.29) is 5.91 Å². The minimum Gasteiger partial charge on any atom is -0.380 e. The molecule has 0 aliphatic heterocycles. The van der Waals surface area contributed by atoms with E-state index in [1.165, 1.54) is 0 Å². The molecule has 1 amide bonds. The van der Waals surface area contributed by atoms with Crippen LogP contribution in [0.2, 0.25) is 0 Å². The first-order valence-electron chi connectivity index (χ1n) is 5.18. The van der Waals surface area contributed by atoms with Gasteiger partial charge in [-0.2, -0.15) is 5.10 Å². The maximum Gasteiger partial charge on any atom is 0.256 e. The molecule has 88 valence electrons. The van der Waals surface area contributed by atoms with Crippen LogP contribution >= 0.6 is 0 Å². The standard InChI is InChI=1S/C12H13N3O2/c1-17-8-9-3-2-4-10(7-9)12(16)14-11-5-6-13-15-11/h2-7H,8H2,1H3,(H2,13,14,15,16). The number of H-pyrrole nitrogens is 1. The van der Waals surface area contributed by atoms with Gasteiger partial charge in [0, 0.05) is 18.7 Å². The van der Waals surface area contributed by atoms with Crippen LogP contribution in [-0.2, 0) is 11.3 Å². The molecule has 1 aromatic carbocycles. The summed E-state index contributed by atoms with van der Waals surface area (Å²) in [5.74, 6) is 0.402. The zero-order chi connectivity index (χ0) is 12.1. The molecule has 0 saturated carbocycles. The van der Waals surface area contributed by atoms with E-state index in [2.05, 4.69) is 15.5 Å². The van der Waals surface area contributed by atoms with E-state index in [9.17, 15) is 4.79 Å². The number of anilines is 1. The van der Waals surface area contributed by atoms with Crippen molar-refractivity contribution in [3.05, 3.63) is 47.7 Å². The van der Waals surface area contributed by atoms with E-state index in [1.54, 1.807) is 31.5 Å². The summed E-state index contributed by atoms with van der Waals surface area (Å²) in [6.45, 7) is 0.491. The first-order chi connectivity index (χ1) is 8.29. The predicted octanol–water partition coefficient (Wildman–Crippen LogP) is 1.81. The highest BCUT2D eigenvalue weighted by molar-refractivity contribution is 6.03. The highest BCUT2D eigenvalue weighted by Gasteiger charge is 2.07. The Labute approximate surface area is 98.8 Å². The second kappa shape index (κ2) is 5.27. The smallest absolute Gasteiger partial charge is 0.256 e. The van der Waals surface area contributed by atoms with E-state index in [1.807, 2.05) is 12.1 Å². The molecule has 1 aromatic heterocycles. The van der Waals surface area contributed by atoms with Crippen molar-refractivity contribution >= 4 is 11.7 Å². The molecule has 0 atom stereocenters. The maximum atomic E-state index is 11.9. The Morgan fingerprint density at radius 2 is 2.35 bits per heavy atom. The molecule has 0 bridgehead atoms. The molecule has 17 heavy (non-hydrogen) atoms. The summed E-state index contributed by atoms with van der Waals surface area (Å²) in [6, 6.07) is 8.99. The zero-order valence-corrected chi connectivity index (χ0v) is 9.43. The minimum absolute atomic E-state index is 0.174. The van der Waals surface area contributed by atoms with E-state index < -0.39 is 0 Å². The van der Waals surface area contributed by atoms with Crippen LogP contribution in [0.4, 0.5) is 5.82 Å². The largest absolute Gasteiger partial charge is 0.380 e. The van der Waals surface area contributed by atoms with Gasteiger partial charge >= 0.3 is 0 Å². The molecule has 5 nitrogen and oxygen atoms in total. The van der Waals surface area contributed by atoms with Gasteiger partial charge in [-0.05, 0) is 17.7 Å². The summed E-state index contributed by atoms with van der Waals surface area (Å²) in [7, 11) is 1.62. The van der Waals surface area contributed by atoms with E-state index >= 15 is 0 Å². The van der Waals surface area contributed by atoms with Crippen LogP contribution in [0.5, 0.6) is 0 Å². The summed E-state index contributed by atoms with van der Waals surface area (Å²) in [4.78, 5) is 11.9. The van der Waals surface area contributed by atoms with Gasteiger partial charge in [0.1, 0.15) is 5.82 Å². The number of benzene rings is 1. The van der Waals surface area contributed by atoms with Crippen LogP contribution in [0.3, 0.4) is 0 Å². The van der Waals surface area contributed by atoms with Gasteiger partial charge in [-0.15, -0.1) is 0 Å². The third kappa shape index (κ3) is 2.92. The van der Waals surface area contributed by atoms with Crippen LogP contribution in [-0.4, -0.2) is 23.2 Å². The van der Waals surface area contributed by atoms with Crippen molar-refractivity contribution in [3.63, 3.8) is 0 Å². The van der Waals surface area contributed by atoms with Crippen molar-refractivity contribution < 1.29 is 9.53 Å². The molecule has 0 aliphatic carbocycles. The lowest BCUT2D eigenvalue weighted by Gasteiger charge is -2.04. The number of hydrogen-bond acceptors (Lipinski definition) is 3. The van der Waals surface area contributed by atoms with E-state index in [0.29, 0.717) is 18.0 Å². The van der Waals surface area contributed by atoms with Crippen molar-refractivity contribution in [3.8, 4) is 0 Å². The average molecular weight is 231 g/mol. The summed E-state index contributed by atoms with van der Waals surface area (Å²) in [5, 5.41) is 9.14. The quantitative estimate of drug-likeness (QED) is 0.843. The number of ether oxygens (including phenoxy) is 1. The van der Waals surface area contributed by atoms with E-state index in [4.69, 9.17) is 4.74 Å². The van der Waals surface area contributed by atoms with Gasteiger partial charge < -0.3 is 10.1 Å². The highest BCUT2D eigenvalue weighted by Crippen LogP contribution is 2.09. The third-order valence-electron chi connectivity index (χ3n) is 2.25. The van der Waals surface area contributed by atoms with Crippen LogP contribution in [0.15, 0.2) is 36.5 Å². The number of carbonyl (C=O) groups excluding carboxylic acids is 1. The summed E-state index contributed by atoms with van der Waals surface area (Å²) in [6.07, 6.45) is 1.58. The first kappa shape index (κ1) is 11.3. The van der Waals surface area contributed by atoms with Gasteiger partial charge in [-0.1, -0.05) is 12.1 Å². The number of aromatic amines is 1. The Morgan fingerprint density at radius 3 is 3.06 bits per heavy atom. The van der Waals surface area contributed by atoms with Crippen LogP contribution in [0.1, 0.15) is 15.9 Å². The third-order valence-corrected chi connectivity index (χ3v) is 2.25. The molecule has 0 spiro atoms. The van der Waals surface area contributed by atoms with Crippen LogP contribution < -0.4 is 5.32 Å². The molecule has 0 aliphatic rings. The molecule has 0 radical (unpaired) electrons. The number of nitrogens with zero attached hydrogens (tertiary/aromatic N) is 1. The van der Waals surface area contributed by atoms with Gasteiger partial charge in [0.05, 0.1) is 12.8 Å². The highest BCUT2D eigenvalue weighted by atomic mass is 16.5. The van der Waals surface area contributed by atoms with E-state index in [0.717, 1.165) is 5.56 Å². The molecule has 2 N–H and O–H groups in total. The Bertz CT molecular complexity index is 494. The molecule has 0 unspecified atom stereocenters. The summed E-state index contributed by atoms with van der Waals surface area (Å²) < 4.78 is 5.02. The van der Waals surface area contributed by atoms with Crippen LogP contribution in [0.25, 0.3) is 0 Å². The molecule has 0 saturated heterocycles. The fourth-order valence-electron chi connectivity index (χ4n) is 1.49. The molecule has 1 heterocycles. The summed E-state index contributed by atoms with van der Waals surface area (Å²) >= 11 is 0. The topological polar surface area (TPSA) is 67.0 Å². The molecular weight excluding hydrogens is 218 g/mol. The monoisotopic (exact) mass is 231 g/mol. The zero-order valence-electron chi connectivity index (χ0n) is 9.43.